The van der Waals surface area contributed by atoms with Crippen molar-refractivity contribution in [2.24, 2.45) is 0 Å². The molecule has 2 aliphatic heterocycles. The van der Waals surface area contributed by atoms with Crippen molar-refractivity contribution in [3.8, 4) is 23.1 Å². The summed E-state index contributed by atoms with van der Waals surface area (Å²) in [5.74, 6) is 1.04. The summed E-state index contributed by atoms with van der Waals surface area (Å²) in [7, 11) is 3.12. The number of ether oxygens (including phenoxy) is 1. The van der Waals surface area contributed by atoms with E-state index in [1.165, 1.54) is 7.41 Å². The van der Waals surface area contributed by atoms with Crippen LogP contribution in [0.2, 0.25) is 5.02 Å². The zero-order valence-electron chi connectivity index (χ0n) is 23.9. The molecule has 1 N–H and O–H groups in total. The summed E-state index contributed by atoms with van der Waals surface area (Å²) in [5, 5.41) is 13.9. The van der Waals surface area contributed by atoms with E-state index in [2.05, 4.69) is 46.9 Å². The van der Waals surface area contributed by atoms with Crippen molar-refractivity contribution in [3.05, 3.63) is 58.2 Å². The third-order valence-corrected chi connectivity index (χ3v) is 8.28. The molecule has 211 valence electrons. The molecule has 0 bridgehead atoms. The summed E-state index contributed by atoms with van der Waals surface area (Å²) in [5.41, 5.74) is 5.17. The van der Waals surface area contributed by atoms with E-state index in [4.69, 9.17) is 21.3 Å². The molecule has 1 saturated heterocycles. The number of methoxy groups -OCH3 is 1. The van der Waals surface area contributed by atoms with Gasteiger partial charge in [-0.05, 0) is 48.0 Å². The second-order valence-electron chi connectivity index (χ2n) is 11.1. The summed E-state index contributed by atoms with van der Waals surface area (Å²) in [6.07, 6.45) is 2.43. The number of likely N-dealkylation sites (N-methyl/N-ethyl adjacent to an activating group) is 1. The number of halogens is 1. The van der Waals surface area contributed by atoms with Gasteiger partial charge in [0.2, 0.25) is 5.95 Å². The Morgan fingerprint density at radius 1 is 1.20 bits per heavy atom. The normalized spacial score (nSPS) is 16.6. The van der Waals surface area contributed by atoms with Crippen molar-refractivity contribution in [3.63, 3.8) is 0 Å². The van der Waals surface area contributed by atoms with Crippen LogP contribution < -0.4 is 14.9 Å². The Morgan fingerprint density at radius 3 is 2.63 bits per heavy atom. The number of carbonyl (C=O) groups excluding carboxylic acids is 1. The van der Waals surface area contributed by atoms with E-state index < -0.39 is 0 Å². The molecular weight excluding hydrogens is 537 g/mol. The molecule has 1 fully saturated rings. The minimum absolute atomic E-state index is 0.250. The summed E-state index contributed by atoms with van der Waals surface area (Å²) in [4.78, 5) is 27.1. The lowest BCUT2D eigenvalue weighted by Gasteiger charge is -2.34. The Morgan fingerprint density at radius 2 is 1.95 bits per heavy atom. The molecule has 3 aromatic rings. The van der Waals surface area contributed by atoms with Crippen LogP contribution >= 0.6 is 11.6 Å². The zero-order chi connectivity index (χ0) is 29.1. The van der Waals surface area contributed by atoms with Crippen LogP contribution in [0.1, 0.15) is 37.5 Å². The smallest absolute Gasteiger partial charge is 0.329 e. The maximum atomic E-state index is 11.2. The van der Waals surface area contributed by atoms with Gasteiger partial charge in [-0.3, -0.25) is 4.90 Å². The number of benzene rings is 2. The maximum Gasteiger partial charge on any atom is 0.329 e. The molecule has 2 aliphatic rings. The van der Waals surface area contributed by atoms with Crippen LogP contribution in [0.4, 0.5) is 17.3 Å². The van der Waals surface area contributed by atoms with Gasteiger partial charge in [0.15, 0.2) is 0 Å². The molecule has 11 heteroatoms. The van der Waals surface area contributed by atoms with E-state index >= 15 is 0 Å². The predicted molar refractivity (Wildman–Crippen MR) is 164 cm³/mol. The van der Waals surface area contributed by atoms with Crippen molar-refractivity contribution >= 4 is 42.5 Å². The number of hydrogen-bond acceptors (Lipinski definition) is 9. The SMILES string of the molecule is CCN1CCN(Cc2cc(OC)c(Nc3nccc(-c4cc(C#N)c5c(c4)C(C)(C)CN5[B]C=O)n3)cc2Cl)CC1. The molecule has 0 spiro atoms. The Kier molecular flexibility index (Phi) is 8.50. The van der Waals surface area contributed by atoms with E-state index in [0.29, 0.717) is 40.2 Å². The number of nitrogens with zero attached hydrogens (tertiary/aromatic N) is 6. The fraction of sp³-hybridized carbons (Fsp3) is 0.400. The van der Waals surface area contributed by atoms with Crippen LogP contribution in [-0.2, 0) is 16.8 Å². The number of carbonyl (C=O) groups is 1. The second-order valence-corrected chi connectivity index (χ2v) is 11.5. The summed E-state index contributed by atoms with van der Waals surface area (Å²) >= 11 is 6.74. The Labute approximate surface area is 247 Å². The van der Waals surface area contributed by atoms with Crippen LogP contribution in [0.25, 0.3) is 11.3 Å². The molecule has 41 heavy (non-hydrogen) atoms. The van der Waals surface area contributed by atoms with Gasteiger partial charge in [0.25, 0.3) is 0 Å². The predicted octanol–water partition coefficient (Wildman–Crippen LogP) is 4.47. The van der Waals surface area contributed by atoms with Gasteiger partial charge in [-0.15, -0.1) is 0 Å². The van der Waals surface area contributed by atoms with E-state index in [1.54, 1.807) is 13.3 Å². The Hall–Kier alpha value is -3.65. The van der Waals surface area contributed by atoms with Crippen molar-refractivity contribution in [1.82, 2.24) is 19.8 Å². The van der Waals surface area contributed by atoms with Gasteiger partial charge in [0.05, 0.1) is 24.1 Å². The van der Waals surface area contributed by atoms with Gasteiger partial charge in [-0.25, -0.2) is 9.97 Å². The molecule has 1 radical (unpaired) electrons. The lowest BCUT2D eigenvalue weighted by Crippen LogP contribution is -2.45. The zero-order valence-corrected chi connectivity index (χ0v) is 24.7. The minimum Gasteiger partial charge on any atom is -0.495 e. The highest BCUT2D eigenvalue weighted by molar-refractivity contribution is 6.70. The molecule has 3 heterocycles. The molecule has 1 aromatic heterocycles. The highest BCUT2D eigenvalue weighted by Crippen LogP contribution is 2.44. The summed E-state index contributed by atoms with van der Waals surface area (Å²) < 4.78 is 5.71. The van der Waals surface area contributed by atoms with Crippen LogP contribution in [0.3, 0.4) is 0 Å². The number of nitrogens with one attached hydrogen (secondary N) is 1. The number of fused-ring (bicyclic) bond motifs is 1. The largest absolute Gasteiger partial charge is 0.495 e. The average Bonchev–Trinajstić information content (AvgIpc) is 3.24. The number of anilines is 3. The Balaban J connectivity index is 1.40. The van der Waals surface area contributed by atoms with E-state index in [0.717, 1.165) is 67.8 Å². The van der Waals surface area contributed by atoms with Gasteiger partial charge >= 0.3 is 7.41 Å². The summed E-state index contributed by atoms with van der Waals surface area (Å²) in [6.45, 7) is 13.0. The van der Waals surface area contributed by atoms with Crippen LogP contribution in [0, 0.1) is 11.3 Å². The van der Waals surface area contributed by atoms with Crippen molar-refractivity contribution < 1.29 is 9.53 Å². The molecule has 0 unspecified atom stereocenters. The standard InChI is InChI=1S/C30H34BClN7O2/c1-5-37-8-10-38(11-9-37)17-22-14-27(41-4)26(15-24(22)32)36-29-34-7-6-25(35-29)20-12-21(16-33)28-23(13-20)30(2,3)18-39(28)31-19-40/h6-7,12-15,19H,5,8-11,17-18H2,1-4H3,(H,34,35,36). The number of nitriles is 1. The Bertz CT molecular complexity index is 1480. The first-order chi connectivity index (χ1) is 19.8. The van der Waals surface area contributed by atoms with Crippen molar-refractivity contribution in [1.29, 1.82) is 5.26 Å². The molecule has 0 amide bonds. The molecule has 0 saturated carbocycles. The van der Waals surface area contributed by atoms with Gasteiger partial charge in [-0.1, -0.05) is 32.4 Å². The first-order valence-electron chi connectivity index (χ1n) is 13.8. The fourth-order valence-electron chi connectivity index (χ4n) is 5.67. The number of rotatable bonds is 9. The van der Waals surface area contributed by atoms with Gasteiger partial charge in [0, 0.05) is 67.2 Å². The van der Waals surface area contributed by atoms with Gasteiger partial charge < -0.3 is 24.6 Å². The fourth-order valence-corrected chi connectivity index (χ4v) is 5.90. The van der Waals surface area contributed by atoms with Crippen molar-refractivity contribution in [2.75, 3.05) is 56.5 Å². The average molecular weight is 571 g/mol. The third kappa shape index (κ3) is 6.03. The lowest BCUT2D eigenvalue weighted by molar-refractivity contribution is 0.132. The summed E-state index contributed by atoms with van der Waals surface area (Å²) in [6, 6.07) is 11.8. The highest BCUT2D eigenvalue weighted by atomic mass is 35.5. The quantitative estimate of drug-likeness (QED) is 0.295. The monoisotopic (exact) mass is 570 g/mol. The lowest BCUT2D eigenvalue weighted by atomic mass is 9.84. The molecule has 2 aromatic carbocycles. The second kappa shape index (κ2) is 12.1. The molecule has 0 atom stereocenters. The van der Waals surface area contributed by atoms with Crippen LogP contribution in [0.15, 0.2) is 36.5 Å². The number of piperazine rings is 1. The van der Waals surface area contributed by atoms with E-state index in [-0.39, 0.29) is 5.41 Å². The maximum absolute atomic E-state index is 11.2. The van der Waals surface area contributed by atoms with Gasteiger partial charge in [0.1, 0.15) is 18.0 Å². The minimum atomic E-state index is -0.250. The van der Waals surface area contributed by atoms with Crippen LogP contribution in [0.5, 0.6) is 5.75 Å². The van der Waals surface area contributed by atoms with Crippen LogP contribution in [-0.4, -0.2) is 79.7 Å². The van der Waals surface area contributed by atoms with E-state index in [9.17, 15) is 10.1 Å². The molecule has 0 aliphatic carbocycles. The number of aromatic nitrogens is 2. The first-order valence-corrected chi connectivity index (χ1v) is 14.2. The van der Waals surface area contributed by atoms with Crippen molar-refractivity contribution in [2.45, 2.75) is 32.7 Å². The first kappa shape index (κ1) is 28.9. The van der Waals surface area contributed by atoms with E-state index in [1.807, 2.05) is 35.1 Å². The number of hydrogen-bond donors (Lipinski definition) is 1. The topological polar surface area (TPSA) is 97.6 Å². The molecule has 5 rings (SSSR count). The third-order valence-electron chi connectivity index (χ3n) is 7.93. The highest BCUT2D eigenvalue weighted by Gasteiger charge is 2.37. The van der Waals surface area contributed by atoms with Gasteiger partial charge in [-0.2, -0.15) is 5.26 Å². The molecular formula is C30H34BClN7O2. The molecule has 9 nitrogen and oxygen atoms in total.